The second-order valence-corrected chi connectivity index (χ2v) is 9.83. The summed E-state index contributed by atoms with van der Waals surface area (Å²) in [7, 11) is -3.55. The van der Waals surface area contributed by atoms with Gasteiger partial charge in [0, 0.05) is 13.1 Å². The molecule has 1 aliphatic carbocycles. The van der Waals surface area contributed by atoms with E-state index < -0.39 is 38.1 Å². The average Bonchev–Trinajstić information content (AvgIpc) is 2.55. The third-order valence-electron chi connectivity index (χ3n) is 5.30. The van der Waals surface area contributed by atoms with Crippen molar-refractivity contribution in [2.45, 2.75) is 69.3 Å². The van der Waals surface area contributed by atoms with E-state index in [1.54, 1.807) is 13.8 Å². The van der Waals surface area contributed by atoms with Gasteiger partial charge >= 0.3 is 5.97 Å². The Hall–Kier alpha value is -1.11. The molecule has 1 aliphatic heterocycles. The number of nitrogens with zero attached hydrogens (tertiary/aromatic N) is 1. The number of sulfone groups is 1. The van der Waals surface area contributed by atoms with Crippen LogP contribution in [0, 0.1) is 11.8 Å². The Kier molecular flexibility index (Phi) is 6.28. The van der Waals surface area contributed by atoms with E-state index in [-0.39, 0.29) is 12.5 Å². The third kappa shape index (κ3) is 4.10. The Labute approximate surface area is 144 Å². The molecule has 2 rings (SSSR count). The molecule has 2 fully saturated rings. The summed E-state index contributed by atoms with van der Waals surface area (Å²) >= 11 is 0. The van der Waals surface area contributed by atoms with Crippen molar-refractivity contribution in [2.75, 3.05) is 13.1 Å². The van der Waals surface area contributed by atoms with Crippen LogP contribution in [-0.2, 0) is 19.4 Å². The maximum Gasteiger partial charge on any atom is 0.308 e. The Morgan fingerprint density at radius 3 is 2.21 bits per heavy atom. The molecular formula is C17H29NO5S. The molecule has 7 heteroatoms. The summed E-state index contributed by atoms with van der Waals surface area (Å²) in [5.74, 6) is -2.22. The molecule has 0 unspecified atom stereocenters. The molecule has 0 bridgehead atoms. The van der Waals surface area contributed by atoms with Crippen molar-refractivity contribution >= 4 is 21.7 Å². The zero-order valence-corrected chi connectivity index (χ0v) is 15.4. The number of carbonyl (C=O) groups excluding carboxylic acids is 1. The van der Waals surface area contributed by atoms with Crippen LogP contribution >= 0.6 is 0 Å². The molecule has 1 amide bonds. The third-order valence-corrected chi connectivity index (χ3v) is 8.16. The smallest absolute Gasteiger partial charge is 0.308 e. The minimum atomic E-state index is -3.55. The monoisotopic (exact) mass is 359 g/mol. The average molecular weight is 359 g/mol. The quantitative estimate of drug-likeness (QED) is 0.811. The van der Waals surface area contributed by atoms with E-state index in [2.05, 4.69) is 0 Å². The number of hydrogen-bond donors (Lipinski definition) is 1. The molecule has 1 N–H and O–H groups in total. The van der Waals surface area contributed by atoms with E-state index in [9.17, 15) is 23.1 Å². The first-order valence-corrected chi connectivity index (χ1v) is 10.6. The van der Waals surface area contributed by atoms with Gasteiger partial charge in [0.25, 0.3) is 0 Å². The molecular weight excluding hydrogens is 330 g/mol. The number of aliphatic carboxylic acids is 1. The van der Waals surface area contributed by atoms with Crippen LogP contribution < -0.4 is 0 Å². The van der Waals surface area contributed by atoms with Crippen LogP contribution in [0.3, 0.4) is 0 Å². The topological polar surface area (TPSA) is 91.8 Å². The van der Waals surface area contributed by atoms with Crippen LogP contribution in [0.1, 0.15) is 58.8 Å². The first-order valence-electron chi connectivity index (χ1n) is 8.99. The summed E-state index contributed by atoms with van der Waals surface area (Å²) in [4.78, 5) is 25.6. The molecule has 24 heavy (non-hydrogen) atoms. The van der Waals surface area contributed by atoms with E-state index in [4.69, 9.17) is 0 Å². The summed E-state index contributed by atoms with van der Waals surface area (Å²) < 4.78 is 26.1. The fourth-order valence-corrected chi connectivity index (χ4v) is 6.56. The van der Waals surface area contributed by atoms with Gasteiger partial charge in [-0.2, -0.15) is 0 Å². The molecule has 1 saturated heterocycles. The Bertz CT molecular complexity index is 566. The summed E-state index contributed by atoms with van der Waals surface area (Å²) in [6.45, 7) is 4.10. The SMILES string of the molecule is CC(C)[C@H](C(=O)N1CCC[C@H](C(=O)O)C1)S(=O)(=O)C1CCCCC1. The normalized spacial score (nSPS) is 24.8. The van der Waals surface area contributed by atoms with Gasteiger partial charge in [-0.1, -0.05) is 33.1 Å². The number of rotatable bonds is 5. The first-order chi connectivity index (χ1) is 11.2. The van der Waals surface area contributed by atoms with Gasteiger partial charge in [-0.3, -0.25) is 9.59 Å². The highest BCUT2D eigenvalue weighted by atomic mass is 32.2. The van der Waals surface area contributed by atoms with Crippen molar-refractivity contribution in [1.82, 2.24) is 4.90 Å². The second kappa shape index (κ2) is 7.85. The van der Waals surface area contributed by atoms with Crippen molar-refractivity contribution in [3.63, 3.8) is 0 Å². The summed E-state index contributed by atoms with van der Waals surface area (Å²) in [5, 5.41) is 7.72. The van der Waals surface area contributed by atoms with E-state index in [1.165, 1.54) is 4.90 Å². The van der Waals surface area contributed by atoms with E-state index in [0.29, 0.717) is 32.2 Å². The lowest BCUT2D eigenvalue weighted by atomic mass is 9.97. The van der Waals surface area contributed by atoms with Gasteiger partial charge in [0.1, 0.15) is 5.25 Å². The Balaban J connectivity index is 2.20. The van der Waals surface area contributed by atoms with Crippen molar-refractivity contribution < 1.29 is 23.1 Å². The largest absolute Gasteiger partial charge is 0.481 e. The molecule has 0 spiro atoms. The molecule has 0 aromatic heterocycles. The number of likely N-dealkylation sites (tertiary alicyclic amines) is 1. The van der Waals surface area contributed by atoms with Crippen molar-refractivity contribution in [3.8, 4) is 0 Å². The van der Waals surface area contributed by atoms with Crippen LogP contribution in [0.4, 0.5) is 0 Å². The van der Waals surface area contributed by atoms with Gasteiger partial charge in [-0.25, -0.2) is 8.42 Å². The van der Waals surface area contributed by atoms with Crippen LogP contribution in [0.5, 0.6) is 0 Å². The van der Waals surface area contributed by atoms with E-state index >= 15 is 0 Å². The molecule has 2 atom stereocenters. The lowest BCUT2D eigenvalue weighted by molar-refractivity contribution is -0.145. The van der Waals surface area contributed by atoms with E-state index in [0.717, 1.165) is 19.3 Å². The summed E-state index contributed by atoms with van der Waals surface area (Å²) in [5.41, 5.74) is 0. The highest BCUT2D eigenvalue weighted by molar-refractivity contribution is 7.93. The minimum absolute atomic E-state index is 0.123. The highest BCUT2D eigenvalue weighted by Gasteiger charge is 2.44. The summed E-state index contributed by atoms with van der Waals surface area (Å²) in [6.07, 6.45) is 5.27. The van der Waals surface area contributed by atoms with Gasteiger partial charge in [-0.15, -0.1) is 0 Å². The van der Waals surface area contributed by atoms with Gasteiger partial charge in [0.2, 0.25) is 5.91 Å². The number of carboxylic acid groups (broad SMARTS) is 1. The predicted molar refractivity (Wildman–Crippen MR) is 91.4 cm³/mol. The minimum Gasteiger partial charge on any atom is -0.481 e. The van der Waals surface area contributed by atoms with Crippen LogP contribution in [0.25, 0.3) is 0 Å². The number of carbonyl (C=O) groups is 2. The van der Waals surface area contributed by atoms with Crippen LogP contribution in [0.2, 0.25) is 0 Å². The summed E-state index contributed by atoms with van der Waals surface area (Å²) in [6, 6.07) is 0. The fraction of sp³-hybridized carbons (Fsp3) is 0.882. The zero-order chi connectivity index (χ0) is 17.9. The number of hydrogen-bond acceptors (Lipinski definition) is 4. The maximum absolute atomic E-state index is 13.1. The van der Waals surface area contributed by atoms with Crippen LogP contribution in [0.15, 0.2) is 0 Å². The number of piperidine rings is 1. The van der Waals surface area contributed by atoms with Crippen molar-refractivity contribution in [3.05, 3.63) is 0 Å². The molecule has 0 aromatic carbocycles. The molecule has 0 radical (unpaired) electrons. The molecule has 6 nitrogen and oxygen atoms in total. The number of amides is 1. The fourth-order valence-electron chi connectivity index (χ4n) is 3.96. The van der Waals surface area contributed by atoms with Crippen molar-refractivity contribution in [2.24, 2.45) is 11.8 Å². The number of carboxylic acids is 1. The van der Waals surface area contributed by atoms with E-state index in [1.807, 2.05) is 0 Å². The standard InChI is InChI=1S/C17H29NO5S/c1-12(2)15(24(22,23)14-8-4-3-5-9-14)16(19)18-10-6-7-13(11-18)17(20)21/h12-15H,3-11H2,1-2H3,(H,20,21)/t13-,15+/m0/s1. The Morgan fingerprint density at radius 2 is 1.67 bits per heavy atom. The molecule has 1 heterocycles. The highest BCUT2D eigenvalue weighted by Crippen LogP contribution is 2.30. The molecule has 138 valence electrons. The first kappa shape index (κ1) is 19.2. The zero-order valence-electron chi connectivity index (χ0n) is 14.6. The second-order valence-electron chi connectivity index (χ2n) is 7.48. The van der Waals surface area contributed by atoms with Gasteiger partial charge in [-0.05, 0) is 31.6 Å². The van der Waals surface area contributed by atoms with Gasteiger partial charge in [0.05, 0.1) is 11.2 Å². The molecule has 2 aliphatic rings. The molecule has 0 aromatic rings. The van der Waals surface area contributed by atoms with Crippen molar-refractivity contribution in [1.29, 1.82) is 0 Å². The van der Waals surface area contributed by atoms with Gasteiger partial charge < -0.3 is 10.0 Å². The predicted octanol–water partition coefficient (Wildman–Crippen LogP) is 2.08. The lowest BCUT2D eigenvalue weighted by Gasteiger charge is -2.36. The lowest BCUT2D eigenvalue weighted by Crippen LogP contribution is -2.52. The van der Waals surface area contributed by atoms with Crippen LogP contribution in [-0.4, -0.2) is 53.9 Å². The van der Waals surface area contributed by atoms with Gasteiger partial charge in [0.15, 0.2) is 9.84 Å². The Morgan fingerprint density at radius 1 is 1.04 bits per heavy atom. The molecule has 1 saturated carbocycles. The maximum atomic E-state index is 13.1.